The van der Waals surface area contributed by atoms with Crippen molar-refractivity contribution in [2.75, 3.05) is 26.2 Å². The van der Waals surface area contributed by atoms with Gasteiger partial charge in [-0.15, -0.1) is 0 Å². The zero-order valence-corrected chi connectivity index (χ0v) is 20.6. The summed E-state index contributed by atoms with van der Waals surface area (Å²) in [5, 5.41) is 0.991. The van der Waals surface area contributed by atoms with Crippen molar-refractivity contribution < 1.29 is 18.5 Å². The highest BCUT2D eigenvalue weighted by atomic mass is 32.2. The number of piperazine rings is 1. The van der Waals surface area contributed by atoms with E-state index in [4.69, 9.17) is 9.47 Å². The summed E-state index contributed by atoms with van der Waals surface area (Å²) >= 11 is 0. The molecule has 4 rings (SSSR count). The van der Waals surface area contributed by atoms with Crippen LogP contribution in [0.3, 0.4) is 0 Å². The van der Waals surface area contributed by atoms with E-state index in [2.05, 4.69) is 11.1 Å². The van der Waals surface area contributed by atoms with Crippen molar-refractivity contribution >= 4 is 28.0 Å². The maximum Gasteiger partial charge on any atom is 0.410 e. The lowest BCUT2D eigenvalue weighted by molar-refractivity contribution is 0.0195. The van der Waals surface area contributed by atoms with Crippen LogP contribution in [0.1, 0.15) is 31.9 Å². The minimum absolute atomic E-state index is 0.334. The highest BCUT2D eigenvalue weighted by Crippen LogP contribution is 2.34. The van der Waals surface area contributed by atoms with Gasteiger partial charge in [-0.05, 0) is 76.1 Å². The molecule has 1 fully saturated rings. The van der Waals surface area contributed by atoms with Gasteiger partial charge in [0.05, 0.1) is 4.90 Å². The summed E-state index contributed by atoms with van der Waals surface area (Å²) in [6.07, 6.45) is 1.52. The number of H-pyrrole nitrogens is 1. The van der Waals surface area contributed by atoms with Gasteiger partial charge in [0.1, 0.15) is 28.1 Å². The second-order valence-electron chi connectivity index (χ2n) is 9.43. The zero-order valence-electron chi connectivity index (χ0n) is 19.8. The second kappa shape index (κ2) is 9.19. The fraction of sp³-hybridized carbons (Fsp3) is 0.400. The van der Waals surface area contributed by atoms with Crippen LogP contribution in [0, 0.1) is 13.8 Å². The van der Waals surface area contributed by atoms with E-state index in [0.717, 1.165) is 27.8 Å². The Hall–Kier alpha value is -2.84. The molecule has 176 valence electrons. The van der Waals surface area contributed by atoms with Gasteiger partial charge in [0.25, 0.3) is 0 Å². The van der Waals surface area contributed by atoms with Crippen LogP contribution in [0.4, 0.5) is 4.79 Å². The van der Waals surface area contributed by atoms with Gasteiger partial charge < -0.3 is 19.4 Å². The molecule has 1 saturated heterocycles. The molecule has 33 heavy (non-hydrogen) atoms. The largest absolute Gasteiger partial charge is 0.456 e. The van der Waals surface area contributed by atoms with Crippen LogP contribution in [0.2, 0.25) is 0 Å². The number of benzene rings is 2. The van der Waals surface area contributed by atoms with Gasteiger partial charge in [0, 0.05) is 43.3 Å². The molecule has 2 heterocycles. The summed E-state index contributed by atoms with van der Waals surface area (Å²) in [6, 6.07) is 11.8. The normalized spacial score (nSPS) is 16.1. The molecule has 0 bridgehead atoms. The quantitative estimate of drug-likeness (QED) is 0.573. The molecule has 1 aliphatic rings. The minimum atomic E-state index is -1.44. The van der Waals surface area contributed by atoms with Crippen LogP contribution >= 0.6 is 0 Å². The number of hydrogen-bond donors (Lipinski definition) is 1. The van der Waals surface area contributed by atoms with Gasteiger partial charge in [-0.25, -0.2) is 13.3 Å². The second-order valence-corrected chi connectivity index (χ2v) is 10.9. The molecule has 3 aromatic rings. The Morgan fingerprint density at radius 2 is 1.67 bits per heavy atom. The van der Waals surface area contributed by atoms with Gasteiger partial charge in [0.15, 0.2) is 0 Å². The summed E-state index contributed by atoms with van der Waals surface area (Å²) in [5.74, 6) is 1.29. The molecule has 0 radical (unpaired) electrons. The average molecular weight is 470 g/mol. The van der Waals surface area contributed by atoms with Crippen LogP contribution < -0.4 is 4.74 Å². The molecule has 0 saturated carbocycles. The van der Waals surface area contributed by atoms with Crippen LogP contribution in [0.15, 0.2) is 47.5 Å². The topological polar surface area (TPSA) is 74.9 Å². The number of amides is 1. The lowest BCUT2D eigenvalue weighted by Crippen LogP contribution is -2.50. The standard InChI is InChI=1S/C25H31N3O4S/c1-17-12-18(2)14-20(13-17)31-22-15-19-6-7-26-21(19)16-23(22)33(30)28-10-8-27(9-11-28)24(29)32-25(3,4)5/h6-7,12-16,26H,8-11H2,1-5H3. The first-order valence-corrected chi connectivity index (χ1v) is 12.2. The van der Waals surface area contributed by atoms with Crippen LogP contribution in [0.25, 0.3) is 10.9 Å². The SMILES string of the molecule is Cc1cc(C)cc(Oc2cc3cc[nH]c3cc2S(=O)N2CCN(C(=O)OC(C)(C)C)CC2)c1. The Bertz CT molecular complexity index is 1170. The number of carbonyl (C=O) groups is 1. The molecule has 1 N–H and O–H groups in total. The molecular weight excluding hydrogens is 438 g/mol. The van der Waals surface area contributed by atoms with E-state index in [1.165, 1.54) is 0 Å². The molecule has 1 atom stereocenters. The van der Waals surface area contributed by atoms with E-state index in [9.17, 15) is 9.00 Å². The number of fused-ring (bicyclic) bond motifs is 1. The van der Waals surface area contributed by atoms with Crippen molar-refractivity contribution in [3.63, 3.8) is 0 Å². The Morgan fingerprint density at radius 1 is 1.00 bits per heavy atom. The number of carbonyl (C=O) groups excluding carboxylic acids is 1. The molecular formula is C25H31N3O4S. The highest BCUT2D eigenvalue weighted by Gasteiger charge is 2.29. The van der Waals surface area contributed by atoms with Crippen molar-refractivity contribution in [3.8, 4) is 11.5 Å². The number of aromatic amines is 1. The third kappa shape index (κ3) is 5.57. The third-order valence-corrected chi connectivity index (χ3v) is 6.88. The van der Waals surface area contributed by atoms with E-state index in [1.807, 2.05) is 75.5 Å². The van der Waals surface area contributed by atoms with E-state index in [0.29, 0.717) is 36.8 Å². The third-order valence-electron chi connectivity index (χ3n) is 5.35. The van der Waals surface area contributed by atoms with Crippen molar-refractivity contribution in [1.29, 1.82) is 0 Å². The Labute approximate surface area is 197 Å². The molecule has 7 nitrogen and oxygen atoms in total. The molecule has 2 aromatic carbocycles. The van der Waals surface area contributed by atoms with Crippen molar-refractivity contribution in [2.45, 2.75) is 45.1 Å². The van der Waals surface area contributed by atoms with Gasteiger partial charge in [0.2, 0.25) is 0 Å². The van der Waals surface area contributed by atoms with Crippen LogP contribution in [-0.2, 0) is 15.7 Å². The molecule has 1 aromatic heterocycles. The number of nitrogens with one attached hydrogen (secondary N) is 1. The summed E-state index contributed by atoms with van der Waals surface area (Å²) in [4.78, 5) is 17.8. The first kappa shape index (κ1) is 23.3. The number of aryl methyl sites for hydroxylation is 2. The molecule has 1 unspecified atom stereocenters. The lowest BCUT2D eigenvalue weighted by atomic mass is 10.1. The van der Waals surface area contributed by atoms with Gasteiger partial charge in [-0.1, -0.05) is 6.07 Å². The smallest absolute Gasteiger partial charge is 0.410 e. The number of hydrogen-bond acceptors (Lipinski definition) is 4. The summed E-state index contributed by atoms with van der Waals surface area (Å²) < 4.78 is 27.2. The van der Waals surface area contributed by atoms with Gasteiger partial charge >= 0.3 is 6.09 Å². The molecule has 0 spiro atoms. The molecule has 1 aliphatic heterocycles. The van der Waals surface area contributed by atoms with Crippen molar-refractivity contribution in [1.82, 2.24) is 14.2 Å². The van der Waals surface area contributed by atoms with Gasteiger partial charge in [-0.3, -0.25) is 0 Å². The summed E-state index contributed by atoms with van der Waals surface area (Å²) in [5.41, 5.74) is 2.57. The van der Waals surface area contributed by atoms with Crippen LogP contribution in [-0.4, -0.2) is 56.3 Å². The summed E-state index contributed by atoms with van der Waals surface area (Å²) in [6.45, 7) is 11.5. The predicted octanol–water partition coefficient (Wildman–Crippen LogP) is 5.15. The fourth-order valence-electron chi connectivity index (χ4n) is 3.90. The minimum Gasteiger partial charge on any atom is -0.456 e. The first-order valence-electron chi connectivity index (χ1n) is 11.1. The fourth-order valence-corrected chi connectivity index (χ4v) is 5.16. The maximum absolute atomic E-state index is 13.6. The van der Waals surface area contributed by atoms with Crippen LogP contribution in [0.5, 0.6) is 11.5 Å². The Morgan fingerprint density at radius 3 is 2.30 bits per heavy atom. The van der Waals surface area contributed by atoms with E-state index in [-0.39, 0.29) is 6.09 Å². The highest BCUT2D eigenvalue weighted by molar-refractivity contribution is 7.82. The molecule has 0 aliphatic carbocycles. The Kier molecular flexibility index (Phi) is 6.50. The Balaban J connectivity index is 1.55. The number of ether oxygens (including phenoxy) is 2. The van der Waals surface area contributed by atoms with E-state index in [1.54, 1.807) is 4.90 Å². The number of aromatic nitrogens is 1. The maximum atomic E-state index is 13.6. The first-order chi connectivity index (χ1) is 15.6. The van der Waals surface area contributed by atoms with Crippen molar-refractivity contribution in [3.05, 3.63) is 53.7 Å². The monoisotopic (exact) mass is 469 g/mol. The van der Waals surface area contributed by atoms with E-state index >= 15 is 0 Å². The average Bonchev–Trinajstić information content (AvgIpc) is 3.18. The predicted molar refractivity (Wildman–Crippen MR) is 130 cm³/mol. The molecule has 1 amide bonds. The zero-order chi connectivity index (χ0) is 23.8. The lowest BCUT2D eigenvalue weighted by Gasteiger charge is -2.34. The van der Waals surface area contributed by atoms with E-state index < -0.39 is 16.6 Å². The van der Waals surface area contributed by atoms with Gasteiger partial charge in [-0.2, -0.15) is 0 Å². The molecule has 8 heteroatoms. The number of rotatable bonds is 4. The summed E-state index contributed by atoms with van der Waals surface area (Å²) in [7, 11) is -1.44. The number of nitrogens with zero attached hydrogens (tertiary/aromatic N) is 2. The van der Waals surface area contributed by atoms with Crippen molar-refractivity contribution in [2.24, 2.45) is 0 Å².